The normalized spacial score (nSPS) is 10.8. The summed E-state index contributed by atoms with van der Waals surface area (Å²) in [5.41, 5.74) is 1.49. The summed E-state index contributed by atoms with van der Waals surface area (Å²) >= 11 is 0. The van der Waals surface area contributed by atoms with Crippen LogP contribution in [0, 0.1) is 5.82 Å². The Morgan fingerprint density at radius 3 is 2.63 bits per heavy atom. The summed E-state index contributed by atoms with van der Waals surface area (Å²) in [5.74, 6) is 0.530. The lowest BCUT2D eigenvalue weighted by Crippen LogP contribution is -1.88. The molecule has 0 amide bonds. The molecule has 0 spiro atoms. The number of halogens is 1. The number of benzene rings is 2. The Balaban J connectivity index is 2.08. The van der Waals surface area contributed by atoms with Crippen molar-refractivity contribution in [1.29, 1.82) is 0 Å². The molecule has 2 rings (SSSR count). The Labute approximate surface area is 111 Å². The van der Waals surface area contributed by atoms with E-state index in [4.69, 9.17) is 4.74 Å². The van der Waals surface area contributed by atoms with Gasteiger partial charge in [-0.3, -0.25) is 4.99 Å². The molecule has 0 unspecified atom stereocenters. The van der Waals surface area contributed by atoms with Gasteiger partial charge in [-0.1, -0.05) is 12.1 Å². The van der Waals surface area contributed by atoms with E-state index in [0.29, 0.717) is 17.9 Å². The van der Waals surface area contributed by atoms with Crippen molar-refractivity contribution < 1.29 is 14.2 Å². The van der Waals surface area contributed by atoms with Gasteiger partial charge in [-0.25, -0.2) is 4.39 Å². The number of rotatable bonds is 4. The SMILES string of the molecule is COc1ccc(O)c(C=NCc2ccc(F)cc2)c1. The molecule has 98 valence electrons. The molecule has 4 heteroatoms. The Kier molecular flexibility index (Phi) is 4.13. The van der Waals surface area contributed by atoms with Crippen LogP contribution in [-0.4, -0.2) is 18.4 Å². The van der Waals surface area contributed by atoms with Gasteiger partial charge >= 0.3 is 0 Å². The number of methoxy groups -OCH3 is 1. The topological polar surface area (TPSA) is 41.8 Å². The highest BCUT2D eigenvalue weighted by Gasteiger charge is 2.00. The van der Waals surface area contributed by atoms with Gasteiger partial charge in [-0.05, 0) is 35.9 Å². The minimum absolute atomic E-state index is 0.142. The fourth-order valence-corrected chi connectivity index (χ4v) is 1.60. The van der Waals surface area contributed by atoms with Crippen LogP contribution in [-0.2, 0) is 6.54 Å². The van der Waals surface area contributed by atoms with Gasteiger partial charge in [0.05, 0.1) is 13.7 Å². The van der Waals surface area contributed by atoms with E-state index in [0.717, 1.165) is 5.56 Å². The van der Waals surface area contributed by atoms with Crippen molar-refractivity contribution in [1.82, 2.24) is 0 Å². The van der Waals surface area contributed by atoms with Crippen LogP contribution in [0.15, 0.2) is 47.5 Å². The lowest BCUT2D eigenvalue weighted by Gasteiger charge is -2.03. The molecular weight excluding hydrogens is 245 g/mol. The van der Waals surface area contributed by atoms with E-state index in [9.17, 15) is 9.50 Å². The fraction of sp³-hybridized carbons (Fsp3) is 0.133. The molecule has 0 atom stereocenters. The Hall–Kier alpha value is -2.36. The Morgan fingerprint density at radius 2 is 1.95 bits per heavy atom. The molecular formula is C15H14FNO2. The van der Waals surface area contributed by atoms with Gasteiger partial charge in [0.25, 0.3) is 0 Å². The molecule has 0 radical (unpaired) electrons. The Morgan fingerprint density at radius 1 is 1.21 bits per heavy atom. The minimum atomic E-state index is -0.266. The van der Waals surface area contributed by atoms with Gasteiger partial charge in [0.15, 0.2) is 0 Å². The lowest BCUT2D eigenvalue weighted by molar-refractivity contribution is 0.412. The highest BCUT2D eigenvalue weighted by molar-refractivity contribution is 5.84. The average Bonchev–Trinajstić information content (AvgIpc) is 2.43. The van der Waals surface area contributed by atoms with Gasteiger partial charge in [0.2, 0.25) is 0 Å². The molecule has 0 aromatic heterocycles. The molecule has 0 saturated heterocycles. The standard InChI is InChI=1S/C15H14FNO2/c1-19-14-6-7-15(18)12(8-14)10-17-9-11-2-4-13(16)5-3-11/h2-8,10,18H,9H2,1H3. The number of phenolic OH excluding ortho intramolecular Hbond substituents is 1. The van der Waals surface area contributed by atoms with Crippen molar-refractivity contribution in [2.24, 2.45) is 4.99 Å². The molecule has 0 aliphatic heterocycles. The van der Waals surface area contributed by atoms with E-state index in [1.807, 2.05) is 0 Å². The third kappa shape index (κ3) is 3.55. The molecule has 0 aliphatic rings. The molecule has 0 heterocycles. The maximum absolute atomic E-state index is 12.7. The van der Waals surface area contributed by atoms with E-state index in [1.54, 1.807) is 43.7 Å². The smallest absolute Gasteiger partial charge is 0.124 e. The van der Waals surface area contributed by atoms with Gasteiger partial charge in [-0.2, -0.15) is 0 Å². The molecule has 2 aromatic rings. The largest absolute Gasteiger partial charge is 0.507 e. The second-order valence-electron chi connectivity index (χ2n) is 4.02. The number of phenols is 1. The third-order valence-electron chi connectivity index (χ3n) is 2.65. The van der Waals surface area contributed by atoms with Crippen LogP contribution in [0.2, 0.25) is 0 Å². The van der Waals surface area contributed by atoms with Crippen molar-refractivity contribution in [3.63, 3.8) is 0 Å². The van der Waals surface area contributed by atoms with E-state index in [-0.39, 0.29) is 11.6 Å². The molecule has 19 heavy (non-hydrogen) atoms. The van der Waals surface area contributed by atoms with Crippen molar-refractivity contribution >= 4 is 6.21 Å². The minimum Gasteiger partial charge on any atom is -0.507 e. The third-order valence-corrected chi connectivity index (χ3v) is 2.65. The first-order valence-corrected chi connectivity index (χ1v) is 5.80. The predicted molar refractivity (Wildman–Crippen MR) is 72.4 cm³/mol. The number of aliphatic imine (C=N–C) groups is 1. The molecule has 0 saturated carbocycles. The summed E-state index contributed by atoms with van der Waals surface area (Å²) in [6.07, 6.45) is 1.57. The highest BCUT2D eigenvalue weighted by atomic mass is 19.1. The first-order valence-electron chi connectivity index (χ1n) is 5.80. The molecule has 2 aromatic carbocycles. The number of ether oxygens (including phenoxy) is 1. The Bertz CT molecular complexity index is 579. The molecule has 0 fully saturated rings. The second-order valence-corrected chi connectivity index (χ2v) is 4.02. The lowest BCUT2D eigenvalue weighted by atomic mass is 10.2. The zero-order valence-corrected chi connectivity index (χ0v) is 10.5. The van der Waals surface area contributed by atoms with Crippen LogP contribution in [0.4, 0.5) is 4.39 Å². The average molecular weight is 259 g/mol. The van der Waals surface area contributed by atoms with Crippen LogP contribution in [0.1, 0.15) is 11.1 Å². The van der Waals surface area contributed by atoms with Crippen LogP contribution < -0.4 is 4.74 Å². The molecule has 3 nitrogen and oxygen atoms in total. The van der Waals surface area contributed by atoms with Crippen molar-refractivity contribution in [2.75, 3.05) is 7.11 Å². The predicted octanol–water partition coefficient (Wildman–Crippen LogP) is 3.16. The summed E-state index contributed by atoms with van der Waals surface area (Å²) in [4.78, 5) is 4.21. The van der Waals surface area contributed by atoms with Gasteiger partial charge < -0.3 is 9.84 Å². The van der Waals surface area contributed by atoms with Crippen molar-refractivity contribution in [3.05, 3.63) is 59.4 Å². The number of aromatic hydroxyl groups is 1. The van der Waals surface area contributed by atoms with Gasteiger partial charge in [0, 0.05) is 11.8 Å². The summed E-state index contributed by atoms with van der Waals surface area (Å²) in [5, 5.41) is 9.67. The first-order chi connectivity index (χ1) is 9.19. The molecule has 0 aliphatic carbocycles. The van der Waals surface area contributed by atoms with Crippen LogP contribution in [0.3, 0.4) is 0 Å². The zero-order valence-electron chi connectivity index (χ0n) is 10.5. The van der Waals surface area contributed by atoms with E-state index in [1.165, 1.54) is 12.1 Å². The van der Waals surface area contributed by atoms with Gasteiger partial charge in [-0.15, -0.1) is 0 Å². The van der Waals surface area contributed by atoms with Crippen molar-refractivity contribution in [2.45, 2.75) is 6.54 Å². The number of nitrogens with zero attached hydrogens (tertiary/aromatic N) is 1. The number of hydrogen-bond acceptors (Lipinski definition) is 3. The van der Waals surface area contributed by atoms with Crippen molar-refractivity contribution in [3.8, 4) is 11.5 Å². The van der Waals surface area contributed by atoms with Crippen LogP contribution >= 0.6 is 0 Å². The van der Waals surface area contributed by atoms with E-state index >= 15 is 0 Å². The van der Waals surface area contributed by atoms with Crippen LogP contribution in [0.25, 0.3) is 0 Å². The van der Waals surface area contributed by atoms with Gasteiger partial charge in [0.1, 0.15) is 17.3 Å². The zero-order chi connectivity index (χ0) is 13.7. The second kappa shape index (κ2) is 6.00. The first kappa shape index (κ1) is 13.1. The monoisotopic (exact) mass is 259 g/mol. The maximum Gasteiger partial charge on any atom is 0.124 e. The molecule has 0 bridgehead atoms. The summed E-state index contributed by atoms with van der Waals surface area (Å²) in [6.45, 7) is 0.428. The van der Waals surface area contributed by atoms with E-state index < -0.39 is 0 Å². The summed E-state index contributed by atoms with van der Waals surface area (Å²) in [7, 11) is 1.56. The number of hydrogen-bond donors (Lipinski definition) is 1. The summed E-state index contributed by atoms with van der Waals surface area (Å²) in [6, 6.07) is 11.1. The highest BCUT2D eigenvalue weighted by Crippen LogP contribution is 2.21. The fourth-order valence-electron chi connectivity index (χ4n) is 1.60. The molecule has 1 N–H and O–H groups in total. The maximum atomic E-state index is 12.7. The quantitative estimate of drug-likeness (QED) is 0.857. The van der Waals surface area contributed by atoms with E-state index in [2.05, 4.69) is 4.99 Å². The summed E-state index contributed by atoms with van der Waals surface area (Å²) < 4.78 is 17.8. The van der Waals surface area contributed by atoms with Crippen LogP contribution in [0.5, 0.6) is 11.5 Å².